The molecule has 3 rings (SSSR count). The lowest BCUT2D eigenvalue weighted by molar-refractivity contribution is -0.123. The summed E-state index contributed by atoms with van der Waals surface area (Å²) in [4.78, 5) is 24.2. The smallest absolute Gasteiger partial charge is 0.160 e. The van der Waals surface area contributed by atoms with Crippen LogP contribution in [0, 0.1) is 28.6 Å². The summed E-state index contributed by atoms with van der Waals surface area (Å²) >= 11 is 0. The van der Waals surface area contributed by atoms with Gasteiger partial charge in [0, 0.05) is 23.3 Å². The van der Waals surface area contributed by atoms with Crippen LogP contribution < -0.4 is 0 Å². The molecule has 0 aliphatic heterocycles. The average Bonchev–Trinajstić information content (AvgIpc) is 2.83. The van der Waals surface area contributed by atoms with Gasteiger partial charge in [0.25, 0.3) is 0 Å². The molecule has 2 saturated carbocycles. The third-order valence-corrected chi connectivity index (χ3v) is 5.78. The van der Waals surface area contributed by atoms with Crippen LogP contribution in [0.4, 0.5) is 0 Å². The molecule has 17 heavy (non-hydrogen) atoms. The summed E-state index contributed by atoms with van der Waals surface area (Å²) in [5.41, 5.74) is 0.848. The second-order valence-corrected chi connectivity index (χ2v) is 6.88. The Balaban J connectivity index is 2.15. The zero-order valence-electron chi connectivity index (χ0n) is 11.0. The standard InChI is InChI=1S/C15H20O2/c1-8-5-6-10(16)9-7-11(17)12-13(14(12,2)3)15(8,9)4/h7-8,12-13H,5-6H2,1-4H3/t8-,12-,13+,15+/m1/s1. The molecule has 0 N–H and O–H groups in total. The van der Waals surface area contributed by atoms with Gasteiger partial charge < -0.3 is 0 Å². The fourth-order valence-corrected chi connectivity index (χ4v) is 4.58. The van der Waals surface area contributed by atoms with Gasteiger partial charge in [-0.1, -0.05) is 27.7 Å². The van der Waals surface area contributed by atoms with Crippen molar-refractivity contribution in [1.29, 1.82) is 0 Å². The molecule has 0 heterocycles. The molecular weight excluding hydrogens is 212 g/mol. The molecule has 0 aromatic heterocycles. The van der Waals surface area contributed by atoms with E-state index in [1.807, 2.05) is 0 Å². The first-order chi connectivity index (χ1) is 7.81. The van der Waals surface area contributed by atoms with Crippen molar-refractivity contribution < 1.29 is 9.59 Å². The van der Waals surface area contributed by atoms with Crippen LogP contribution in [0.2, 0.25) is 0 Å². The lowest BCUT2D eigenvalue weighted by Gasteiger charge is -2.44. The van der Waals surface area contributed by atoms with Crippen molar-refractivity contribution in [3.63, 3.8) is 0 Å². The number of Topliss-reactive ketones (excluding diaryl/α,β-unsaturated/α-hetero) is 1. The predicted octanol–water partition coefficient (Wildman–Crippen LogP) is 2.77. The van der Waals surface area contributed by atoms with Crippen LogP contribution in [-0.4, -0.2) is 11.6 Å². The number of ketones is 2. The summed E-state index contributed by atoms with van der Waals surface area (Å²) in [6.45, 7) is 8.79. The Bertz CT molecular complexity index is 458. The van der Waals surface area contributed by atoms with Crippen LogP contribution in [0.5, 0.6) is 0 Å². The van der Waals surface area contributed by atoms with E-state index in [4.69, 9.17) is 0 Å². The van der Waals surface area contributed by atoms with Gasteiger partial charge in [-0.3, -0.25) is 9.59 Å². The minimum absolute atomic E-state index is 0.0581. The lowest BCUT2D eigenvalue weighted by atomic mass is 9.59. The van der Waals surface area contributed by atoms with Crippen LogP contribution in [0.15, 0.2) is 11.6 Å². The first kappa shape index (κ1) is 11.2. The number of allylic oxidation sites excluding steroid dienone is 2. The van der Waals surface area contributed by atoms with Crippen molar-refractivity contribution in [2.24, 2.45) is 28.6 Å². The van der Waals surface area contributed by atoms with Crippen molar-refractivity contribution in [1.82, 2.24) is 0 Å². The molecule has 0 saturated heterocycles. The number of rotatable bonds is 0. The summed E-state index contributed by atoms with van der Waals surface area (Å²) in [5, 5.41) is 0. The van der Waals surface area contributed by atoms with Gasteiger partial charge in [-0.15, -0.1) is 0 Å². The van der Waals surface area contributed by atoms with E-state index in [1.54, 1.807) is 6.08 Å². The number of carbonyl (C=O) groups is 2. The fraction of sp³-hybridized carbons (Fsp3) is 0.733. The topological polar surface area (TPSA) is 34.1 Å². The number of fused-ring (bicyclic) bond motifs is 3. The van der Waals surface area contributed by atoms with Crippen molar-refractivity contribution in [3.05, 3.63) is 11.6 Å². The first-order valence-corrected chi connectivity index (χ1v) is 6.60. The highest BCUT2D eigenvalue weighted by Gasteiger charge is 2.72. The van der Waals surface area contributed by atoms with Crippen molar-refractivity contribution in [2.75, 3.05) is 0 Å². The molecule has 2 nitrogen and oxygen atoms in total. The molecule has 0 amide bonds. The normalized spacial score (nSPS) is 47.1. The monoisotopic (exact) mass is 232 g/mol. The minimum Gasteiger partial charge on any atom is -0.295 e. The quantitative estimate of drug-likeness (QED) is 0.643. The van der Waals surface area contributed by atoms with E-state index < -0.39 is 0 Å². The van der Waals surface area contributed by atoms with Crippen LogP contribution >= 0.6 is 0 Å². The molecule has 0 spiro atoms. The molecule has 0 aromatic rings. The van der Waals surface area contributed by atoms with Crippen LogP contribution in [0.1, 0.15) is 40.5 Å². The predicted molar refractivity (Wildman–Crippen MR) is 65.4 cm³/mol. The maximum Gasteiger partial charge on any atom is 0.160 e. The maximum atomic E-state index is 12.1. The summed E-state index contributed by atoms with van der Waals surface area (Å²) in [7, 11) is 0. The highest BCUT2D eigenvalue weighted by molar-refractivity contribution is 6.08. The molecule has 3 aliphatic carbocycles. The summed E-state index contributed by atoms with van der Waals surface area (Å²) in [6.07, 6.45) is 3.27. The maximum absolute atomic E-state index is 12.1. The van der Waals surface area contributed by atoms with Gasteiger partial charge in [-0.2, -0.15) is 0 Å². The van der Waals surface area contributed by atoms with E-state index in [0.29, 0.717) is 18.3 Å². The van der Waals surface area contributed by atoms with Gasteiger partial charge >= 0.3 is 0 Å². The number of hydrogen-bond donors (Lipinski definition) is 0. The molecule has 0 aromatic carbocycles. The zero-order valence-corrected chi connectivity index (χ0v) is 11.0. The molecule has 3 aliphatic rings. The highest BCUT2D eigenvalue weighted by atomic mass is 16.1. The highest BCUT2D eigenvalue weighted by Crippen LogP contribution is 2.72. The van der Waals surface area contributed by atoms with Crippen molar-refractivity contribution >= 4 is 11.6 Å². The Morgan fingerprint density at radius 2 is 1.88 bits per heavy atom. The van der Waals surface area contributed by atoms with Gasteiger partial charge in [0.2, 0.25) is 0 Å². The summed E-state index contributed by atoms with van der Waals surface area (Å²) in [5.74, 6) is 1.44. The average molecular weight is 232 g/mol. The summed E-state index contributed by atoms with van der Waals surface area (Å²) in [6, 6.07) is 0. The molecule has 4 atom stereocenters. The Morgan fingerprint density at radius 3 is 2.53 bits per heavy atom. The van der Waals surface area contributed by atoms with E-state index in [2.05, 4.69) is 27.7 Å². The Morgan fingerprint density at radius 1 is 1.24 bits per heavy atom. The summed E-state index contributed by atoms with van der Waals surface area (Å²) < 4.78 is 0. The third kappa shape index (κ3) is 1.12. The van der Waals surface area contributed by atoms with Crippen LogP contribution in [0.3, 0.4) is 0 Å². The molecule has 92 valence electrons. The largest absolute Gasteiger partial charge is 0.295 e. The van der Waals surface area contributed by atoms with Gasteiger partial charge in [-0.25, -0.2) is 0 Å². The van der Waals surface area contributed by atoms with Crippen molar-refractivity contribution in [3.8, 4) is 0 Å². The van der Waals surface area contributed by atoms with E-state index in [1.165, 1.54) is 0 Å². The number of carbonyl (C=O) groups excluding carboxylic acids is 2. The zero-order chi connectivity index (χ0) is 12.6. The van der Waals surface area contributed by atoms with E-state index in [9.17, 15) is 9.59 Å². The fourth-order valence-electron chi connectivity index (χ4n) is 4.58. The van der Waals surface area contributed by atoms with Gasteiger partial charge in [0.1, 0.15) is 0 Å². The molecule has 0 bridgehead atoms. The SMILES string of the molecule is C[C@@H]1CCC(=O)C2=CC(=O)[C@@H]3[C@@H](C3(C)C)[C@]21C. The van der Waals surface area contributed by atoms with Crippen LogP contribution in [0.25, 0.3) is 0 Å². The Kier molecular flexibility index (Phi) is 1.91. The number of hydrogen-bond acceptors (Lipinski definition) is 2. The molecular formula is C15H20O2. The van der Waals surface area contributed by atoms with Gasteiger partial charge in [0.15, 0.2) is 11.6 Å². The lowest BCUT2D eigenvalue weighted by Crippen LogP contribution is -2.41. The first-order valence-electron chi connectivity index (χ1n) is 6.60. The van der Waals surface area contributed by atoms with Crippen LogP contribution in [-0.2, 0) is 9.59 Å². The molecule has 2 fully saturated rings. The van der Waals surface area contributed by atoms with Gasteiger partial charge in [0.05, 0.1) is 0 Å². The van der Waals surface area contributed by atoms with Gasteiger partial charge in [-0.05, 0) is 29.7 Å². The second-order valence-electron chi connectivity index (χ2n) is 6.88. The van der Waals surface area contributed by atoms with E-state index in [-0.39, 0.29) is 28.3 Å². The van der Waals surface area contributed by atoms with E-state index >= 15 is 0 Å². The Hall–Kier alpha value is -0.920. The van der Waals surface area contributed by atoms with Crippen molar-refractivity contribution in [2.45, 2.75) is 40.5 Å². The molecule has 0 radical (unpaired) electrons. The van der Waals surface area contributed by atoms with E-state index in [0.717, 1.165) is 12.0 Å². The molecule has 0 unspecified atom stereocenters. The Labute approximate surface area is 102 Å². The second kappa shape index (κ2) is 2.90. The molecule has 2 heteroatoms. The third-order valence-electron chi connectivity index (χ3n) is 5.78. The minimum atomic E-state index is -0.0581.